The molecule has 3 rings (SSSR count). The Hall–Kier alpha value is -1.66. The van der Waals surface area contributed by atoms with Crippen LogP contribution >= 0.6 is 0 Å². The monoisotopic (exact) mass is 452 g/mol. The minimum atomic E-state index is -4.25. The van der Waals surface area contributed by atoms with Crippen molar-refractivity contribution < 1.29 is 30.9 Å². The lowest BCUT2D eigenvalue weighted by atomic mass is 9.96. The van der Waals surface area contributed by atoms with Gasteiger partial charge in [0.1, 0.15) is 10.6 Å². The number of carbonyl (C=O) groups excluding carboxylic acids is 1. The van der Waals surface area contributed by atoms with Crippen LogP contribution in [0.3, 0.4) is 0 Å². The predicted octanol–water partition coefficient (Wildman–Crippen LogP) is 1.79. The van der Waals surface area contributed by atoms with Crippen LogP contribution in [0.2, 0.25) is 0 Å². The third kappa shape index (κ3) is 5.14. The Bertz CT molecular complexity index is 844. The van der Waals surface area contributed by atoms with Crippen LogP contribution in [0, 0.1) is 19.8 Å². The molecular formula is C18H27F3N4O4S. The summed E-state index contributed by atoms with van der Waals surface area (Å²) in [5.74, 6) is -0.188. The Kier molecular flexibility index (Phi) is 6.78. The molecule has 12 heteroatoms. The van der Waals surface area contributed by atoms with E-state index in [2.05, 4.69) is 5.16 Å². The van der Waals surface area contributed by atoms with Gasteiger partial charge in [-0.2, -0.15) is 17.5 Å². The van der Waals surface area contributed by atoms with E-state index in [1.54, 1.807) is 18.7 Å². The normalized spacial score (nSPS) is 21.0. The number of amides is 1. The van der Waals surface area contributed by atoms with E-state index < -0.39 is 22.7 Å². The molecule has 2 fully saturated rings. The molecule has 170 valence electrons. The van der Waals surface area contributed by atoms with Crippen molar-refractivity contribution in [1.29, 1.82) is 0 Å². The van der Waals surface area contributed by atoms with Crippen LogP contribution in [0.5, 0.6) is 0 Å². The van der Waals surface area contributed by atoms with Crippen LogP contribution in [0.4, 0.5) is 13.2 Å². The maximum absolute atomic E-state index is 12.9. The highest BCUT2D eigenvalue weighted by molar-refractivity contribution is 7.89. The smallest absolute Gasteiger partial charge is 0.360 e. The van der Waals surface area contributed by atoms with Gasteiger partial charge in [-0.3, -0.25) is 9.69 Å². The van der Waals surface area contributed by atoms with Crippen molar-refractivity contribution in [2.75, 3.05) is 45.8 Å². The molecule has 3 heterocycles. The molecule has 8 nitrogen and oxygen atoms in total. The molecule has 0 N–H and O–H groups in total. The predicted molar refractivity (Wildman–Crippen MR) is 101 cm³/mol. The van der Waals surface area contributed by atoms with Crippen LogP contribution < -0.4 is 0 Å². The van der Waals surface area contributed by atoms with Gasteiger partial charge >= 0.3 is 6.18 Å². The third-order valence-electron chi connectivity index (χ3n) is 5.67. The third-order valence-corrected chi connectivity index (χ3v) is 7.82. The molecule has 0 unspecified atom stereocenters. The summed E-state index contributed by atoms with van der Waals surface area (Å²) in [5.41, 5.74) is 0.304. The molecule has 0 bridgehead atoms. The second-order valence-corrected chi connectivity index (χ2v) is 9.78. The van der Waals surface area contributed by atoms with Gasteiger partial charge in [0.25, 0.3) is 0 Å². The van der Waals surface area contributed by atoms with Crippen LogP contribution in [-0.2, 0) is 14.8 Å². The zero-order chi connectivity index (χ0) is 22.1. The van der Waals surface area contributed by atoms with E-state index in [-0.39, 0.29) is 48.7 Å². The first kappa shape index (κ1) is 23.0. The summed E-state index contributed by atoms with van der Waals surface area (Å²) < 4.78 is 70.0. The summed E-state index contributed by atoms with van der Waals surface area (Å²) in [6.45, 7) is 3.73. The molecule has 30 heavy (non-hydrogen) atoms. The Labute approximate surface area is 174 Å². The zero-order valence-electron chi connectivity index (χ0n) is 17.1. The fraction of sp³-hybridized carbons (Fsp3) is 0.778. The Balaban J connectivity index is 1.57. The van der Waals surface area contributed by atoms with Gasteiger partial charge in [0.2, 0.25) is 15.9 Å². The molecule has 2 saturated heterocycles. The average molecular weight is 452 g/mol. The first-order valence-corrected chi connectivity index (χ1v) is 11.4. The molecule has 2 aliphatic rings. The second kappa shape index (κ2) is 8.83. The summed E-state index contributed by atoms with van der Waals surface area (Å²) in [5, 5.41) is 3.70. The van der Waals surface area contributed by atoms with E-state index in [1.165, 1.54) is 9.21 Å². The number of alkyl halides is 3. The SMILES string of the molecule is Cc1noc(C)c1S(=O)(=O)N1CCC(C(=O)N2CCCN(CC(F)(F)F)CC2)CC1. The van der Waals surface area contributed by atoms with Gasteiger partial charge in [-0.1, -0.05) is 5.16 Å². The minimum Gasteiger partial charge on any atom is -0.360 e. The highest BCUT2D eigenvalue weighted by atomic mass is 32.2. The number of rotatable bonds is 4. The van der Waals surface area contributed by atoms with E-state index in [4.69, 9.17) is 4.52 Å². The van der Waals surface area contributed by atoms with Crippen molar-refractivity contribution >= 4 is 15.9 Å². The van der Waals surface area contributed by atoms with Crippen molar-refractivity contribution in [3.63, 3.8) is 0 Å². The van der Waals surface area contributed by atoms with Gasteiger partial charge in [0.05, 0.1) is 6.54 Å². The Morgan fingerprint density at radius 3 is 2.33 bits per heavy atom. The highest BCUT2D eigenvalue weighted by Gasteiger charge is 2.37. The van der Waals surface area contributed by atoms with Crippen LogP contribution in [-0.4, -0.2) is 85.6 Å². The van der Waals surface area contributed by atoms with Crippen molar-refractivity contribution in [2.24, 2.45) is 5.92 Å². The fourth-order valence-corrected chi connectivity index (χ4v) is 5.94. The number of aryl methyl sites for hydroxylation is 2. The summed E-state index contributed by atoms with van der Waals surface area (Å²) >= 11 is 0. The van der Waals surface area contributed by atoms with Crippen molar-refractivity contribution in [3.8, 4) is 0 Å². The lowest BCUT2D eigenvalue weighted by Crippen LogP contribution is -2.45. The van der Waals surface area contributed by atoms with E-state index in [0.717, 1.165) is 0 Å². The van der Waals surface area contributed by atoms with Gasteiger partial charge in [0, 0.05) is 45.2 Å². The van der Waals surface area contributed by atoms with E-state index in [1.807, 2.05) is 0 Å². The van der Waals surface area contributed by atoms with Gasteiger partial charge in [0.15, 0.2) is 5.76 Å². The van der Waals surface area contributed by atoms with E-state index in [0.29, 0.717) is 38.0 Å². The molecule has 0 spiro atoms. The Morgan fingerprint density at radius 2 is 1.77 bits per heavy atom. The Morgan fingerprint density at radius 1 is 1.10 bits per heavy atom. The molecule has 2 aliphatic heterocycles. The van der Waals surface area contributed by atoms with E-state index >= 15 is 0 Å². The first-order valence-electron chi connectivity index (χ1n) is 10.00. The number of nitrogens with zero attached hydrogens (tertiary/aromatic N) is 4. The molecule has 1 amide bonds. The average Bonchev–Trinajstić information content (AvgIpc) is 2.86. The quantitative estimate of drug-likeness (QED) is 0.692. The molecule has 0 atom stereocenters. The zero-order valence-corrected chi connectivity index (χ0v) is 17.9. The number of halogens is 3. The molecule has 0 aromatic carbocycles. The van der Waals surface area contributed by atoms with Gasteiger partial charge in [-0.15, -0.1) is 0 Å². The number of sulfonamides is 1. The molecule has 0 aliphatic carbocycles. The maximum Gasteiger partial charge on any atom is 0.401 e. The number of carbonyl (C=O) groups is 1. The topological polar surface area (TPSA) is 87.0 Å². The standard InChI is InChI=1S/C18H27F3N4O4S/c1-13-16(14(2)29-22-13)30(27,28)25-8-4-15(5-9-25)17(26)24-7-3-6-23(10-11-24)12-18(19,20)21/h15H,3-12H2,1-2H3. The summed E-state index contributed by atoms with van der Waals surface area (Å²) in [7, 11) is -3.75. The molecule has 0 saturated carbocycles. The molecule has 1 aromatic heterocycles. The minimum absolute atomic E-state index is 0.0737. The molecular weight excluding hydrogens is 425 g/mol. The largest absolute Gasteiger partial charge is 0.401 e. The number of piperidine rings is 1. The van der Waals surface area contributed by atoms with Crippen molar-refractivity contribution in [1.82, 2.24) is 19.3 Å². The van der Waals surface area contributed by atoms with Crippen LogP contribution in [0.1, 0.15) is 30.7 Å². The van der Waals surface area contributed by atoms with Gasteiger partial charge in [-0.05, 0) is 33.1 Å². The molecule has 1 aromatic rings. The number of aromatic nitrogens is 1. The fourth-order valence-electron chi connectivity index (χ4n) is 4.18. The van der Waals surface area contributed by atoms with Crippen LogP contribution in [0.15, 0.2) is 9.42 Å². The van der Waals surface area contributed by atoms with Crippen molar-refractivity contribution in [2.45, 2.75) is 44.2 Å². The number of hydrogen-bond acceptors (Lipinski definition) is 6. The van der Waals surface area contributed by atoms with Crippen molar-refractivity contribution in [3.05, 3.63) is 11.5 Å². The lowest BCUT2D eigenvalue weighted by molar-refractivity contribution is -0.145. The second-order valence-electron chi connectivity index (χ2n) is 7.90. The summed E-state index contributed by atoms with van der Waals surface area (Å²) in [6.07, 6.45) is -3.01. The van der Waals surface area contributed by atoms with E-state index in [9.17, 15) is 26.4 Å². The van der Waals surface area contributed by atoms with Crippen LogP contribution in [0.25, 0.3) is 0 Å². The first-order chi connectivity index (χ1) is 14.0. The summed E-state index contributed by atoms with van der Waals surface area (Å²) in [6, 6.07) is 0. The van der Waals surface area contributed by atoms with Gasteiger partial charge in [-0.25, -0.2) is 8.42 Å². The summed E-state index contributed by atoms with van der Waals surface area (Å²) in [4.78, 5) is 15.9. The molecule has 0 radical (unpaired) electrons. The highest BCUT2D eigenvalue weighted by Crippen LogP contribution is 2.28. The van der Waals surface area contributed by atoms with Gasteiger partial charge < -0.3 is 9.42 Å². The number of hydrogen-bond donors (Lipinski definition) is 0. The maximum atomic E-state index is 12.9. The lowest BCUT2D eigenvalue weighted by Gasteiger charge is -2.33.